The van der Waals surface area contributed by atoms with Gasteiger partial charge in [-0.25, -0.2) is 17.4 Å². The van der Waals surface area contributed by atoms with E-state index in [0.29, 0.717) is 23.2 Å². The predicted octanol–water partition coefficient (Wildman–Crippen LogP) is 5.35. The third-order valence-corrected chi connectivity index (χ3v) is 7.92. The zero-order valence-electron chi connectivity index (χ0n) is 18.0. The SMILES string of the molecule is CCn1cc(-c2ccc3cc(Br)ccc3n2)c2ccn(S(=O)(=O)c3ccc(C)cc3)c2c1=O. The fourth-order valence-corrected chi connectivity index (χ4v) is 5.69. The Morgan fingerprint density at radius 3 is 2.48 bits per heavy atom. The quantitative estimate of drug-likeness (QED) is 0.319. The number of hydrogen-bond acceptors (Lipinski definition) is 4. The molecule has 3 heterocycles. The van der Waals surface area contributed by atoms with E-state index in [4.69, 9.17) is 4.98 Å². The van der Waals surface area contributed by atoms with Crippen molar-refractivity contribution in [2.45, 2.75) is 25.3 Å². The maximum atomic E-state index is 13.4. The zero-order chi connectivity index (χ0) is 23.3. The van der Waals surface area contributed by atoms with E-state index in [-0.39, 0.29) is 16.0 Å². The van der Waals surface area contributed by atoms with Gasteiger partial charge in [0.2, 0.25) is 0 Å². The third-order valence-electron chi connectivity index (χ3n) is 5.74. The number of hydrogen-bond donors (Lipinski definition) is 0. The van der Waals surface area contributed by atoms with E-state index in [2.05, 4.69) is 15.9 Å². The molecule has 0 saturated heterocycles. The van der Waals surface area contributed by atoms with Crippen LogP contribution in [0.5, 0.6) is 0 Å². The highest BCUT2D eigenvalue weighted by Gasteiger charge is 2.23. The molecular formula is C25H20BrN3O3S. The number of aromatic nitrogens is 3. The van der Waals surface area contributed by atoms with Crippen molar-refractivity contribution in [2.24, 2.45) is 0 Å². The summed E-state index contributed by atoms with van der Waals surface area (Å²) >= 11 is 3.47. The Morgan fingerprint density at radius 1 is 1.00 bits per heavy atom. The summed E-state index contributed by atoms with van der Waals surface area (Å²) in [6, 6.07) is 18.0. The van der Waals surface area contributed by atoms with Crippen molar-refractivity contribution < 1.29 is 8.42 Å². The molecule has 0 aliphatic rings. The van der Waals surface area contributed by atoms with E-state index in [0.717, 1.165) is 24.9 Å². The van der Waals surface area contributed by atoms with Crippen molar-refractivity contribution in [3.05, 3.63) is 93.4 Å². The molecule has 166 valence electrons. The molecule has 33 heavy (non-hydrogen) atoms. The lowest BCUT2D eigenvalue weighted by Gasteiger charge is -2.12. The topological polar surface area (TPSA) is 74.0 Å². The maximum Gasteiger partial charge on any atom is 0.276 e. The molecular weight excluding hydrogens is 502 g/mol. The van der Waals surface area contributed by atoms with Crippen molar-refractivity contribution >= 4 is 47.8 Å². The highest BCUT2D eigenvalue weighted by Crippen LogP contribution is 2.30. The van der Waals surface area contributed by atoms with Crippen molar-refractivity contribution in [3.8, 4) is 11.3 Å². The minimum Gasteiger partial charge on any atom is -0.313 e. The minimum absolute atomic E-state index is 0.118. The van der Waals surface area contributed by atoms with Gasteiger partial charge in [-0.2, -0.15) is 0 Å². The molecule has 5 rings (SSSR count). The lowest BCUT2D eigenvalue weighted by molar-refractivity contribution is 0.588. The number of benzene rings is 2. The summed E-state index contributed by atoms with van der Waals surface area (Å²) in [6.45, 7) is 4.14. The number of fused-ring (bicyclic) bond motifs is 2. The van der Waals surface area contributed by atoms with Gasteiger partial charge in [0.1, 0.15) is 5.52 Å². The molecule has 0 amide bonds. The lowest BCUT2D eigenvalue weighted by atomic mass is 10.1. The molecule has 0 radical (unpaired) electrons. The number of nitrogens with zero attached hydrogens (tertiary/aromatic N) is 3. The van der Waals surface area contributed by atoms with Crippen molar-refractivity contribution in [2.75, 3.05) is 0 Å². The first-order valence-corrected chi connectivity index (χ1v) is 12.7. The number of aryl methyl sites for hydroxylation is 2. The average molecular weight is 522 g/mol. The van der Waals surface area contributed by atoms with Crippen LogP contribution in [0.3, 0.4) is 0 Å². The summed E-state index contributed by atoms with van der Waals surface area (Å²) in [5.41, 5.74) is 2.90. The molecule has 3 aromatic heterocycles. The van der Waals surface area contributed by atoms with Crippen molar-refractivity contribution in [1.82, 2.24) is 13.5 Å². The Balaban J connectivity index is 1.78. The largest absolute Gasteiger partial charge is 0.313 e. The number of halogens is 1. The van der Waals surface area contributed by atoms with Crippen LogP contribution < -0.4 is 5.56 Å². The van der Waals surface area contributed by atoms with Crippen LogP contribution in [-0.2, 0) is 16.6 Å². The van der Waals surface area contributed by atoms with Gasteiger partial charge in [-0.3, -0.25) is 4.79 Å². The molecule has 0 aliphatic heterocycles. The van der Waals surface area contributed by atoms with Crippen LogP contribution in [0.2, 0.25) is 0 Å². The van der Waals surface area contributed by atoms with Gasteiger partial charge < -0.3 is 4.57 Å². The normalized spacial score (nSPS) is 12.0. The molecule has 6 nitrogen and oxygen atoms in total. The van der Waals surface area contributed by atoms with E-state index >= 15 is 0 Å². The Bertz CT molecular complexity index is 1700. The van der Waals surface area contributed by atoms with Gasteiger partial charge in [0.15, 0.2) is 0 Å². The molecule has 8 heteroatoms. The van der Waals surface area contributed by atoms with Crippen molar-refractivity contribution in [1.29, 1.82) is 0 Å². The molecule has 0 aliphatic carbocycles. The van der Waals surface area contributed by atoms with Crippen molar-refractivity contribution in [3.63, 3.8) is 0 Å². The predicted molar refractivity (Wildman–Crippen MR) is 134 cm³/mol. The molecule has 0 spiro atoms. The van der Waals surface area contributed by atoms with Crippen LogP contribution in [0, 0.1) is 6.92 Å². The monoisotopic (exact) mass is 521 g/mol. The second-order valence-electron chi connectivity index (χ2n) is 7.86. The highest BCUT2D eigenvalue weighted by atomic mass is 79.9. The first-order valence-electron chi connectivity index (χ1n) is 10.4. The van der Waals surface area contributed by atoms with Gasteiger partial charge in [-0.05, 0) is 56.3 Å². The smallest absolute Gasteiger partial charge is 0.276 e. The van der Waals surface area contributed by atoms with E-state index in [9.17, 15) is 13.2 Å². The first-order chi connectivity index (χ1) is 15.8. The van der Waals surface area contributed by atoms with E-state index in [1.807, 2.05) is 44.2 Å². The fraction of sp³-hybridized carbons (Fsp3) is 0.120. The zero-order valence-corrected chi connectivity index (χ0v) is 20.4. The van der Waals surface area contributed by atoms with Gasteiger partial charge in [0.05, 0.1) is 16.1 Å². The summed E-state index contributed by atoms with van der Waals surface area (Å²) in [7, 11) is -3.95. The molecule has 0 bridgehead atoms. The molecule has 0 fully saturated rings. The summed E-state index contributed by atoms with van der Waals surface area (Å²) in [6.07, 6.45) is 3.20. The Kier molecular flexibility index (Phi) is 5.22. The van der Waals surface area contributed by atoms with Crippen LogP contribution >= 0.6 is 15.9 Å². The van der Waals surface area contributed by atoms with Gasteiger partial charge in [-0.1, -0.05) is 39.7 Å². The maximum absolute atomic E-state index is 13.4. The standard InChI is InChI=1S/C25H20BrN3O3S/c1-3-28-15-21(23-10-6-17-14-18(26)7-11-22(17)27-23)20-12-13-29(24(20)25(28)30)33(31,32)19-8-4-16(2)5-9-19/h4-15H,3H2,1-2H3. The highest BCUT2D eigenvalue weighted by molar-refractivity contribution is 9.10. The van der Waals surface area contributed by atoms with Gasteiger partial charge in [0.25, 0.3) is 15.6 Å². The van der Waals surface area contributed by atoms with E-state index in [1.165, 1.54) is 10.8 Å². The minimum atomic E-state index is -3.95. The van der Waals surface area contributed by atoms with Gasteiger partial charge >= 0.3 is 0 Å². The van der Waals surface area contributed by atoms with Crippen LogP contribution in [0.4, 0.5) is 0 Å². The molecule has 0 N–H and O–H groups in total. The van der Waals surface area contributed by atoms with E-state index in [1.54, 1.807) is 36.5 Å². The van der Waals surface area contributed by atoms with Crippen LogP contribution in [-0.4, -0.2) is 21.9 Å². The molecule has 2 aromatic carbocycles. The van der Waals surface area contributed by atoms with Gasteiger partial charge in [0, 0.05) is 39.7 Å². The summed E-state index contributed by atoms with van der Waals surface area (Å²) in [5, 5.41) is 1.53. The summed E-state index contributed by atoms with van der Waals surface area (Å²) in [4.78, 5) is 18.2. The second kappa shape index (κ2) is 7.97. The molecule has 5 aromatic rings. The van der Waals surface area contributed by atoms with Crippen LogP contribution in [0.15, 0.2) is 87.2 Å². The fourth-order valence-electron chi connectivity index (χ4n) is 3.97. The Morgan fingerprint density at radius 2 is 1.76 bits per heavy atom. The molecule has 0 unspecified atom stereocenters. The molecule has 0 atom stereocenters. The average Bonchev–Trinajstić information content (AvgIpc) is 3.26. The second-order valence-corrected chi connectivity index (χ2v) is 10.6. The Hall–Kier alpha value is -3.23. The Labute approximate surface area is 199 Å². The summed E-state index contributed by atoms with van der Waals surface area (Å²) in [5.74, 6) is 0. The van der Waals surface area contributed by atoms with Gasteiger partial charge in [-0.15, -0.1) is 0 Å². The van der Waals surface area contributed by atoms with Crippen LogP contribution in [0.1, 0.15) is 12.5 Å². The summed E-state index contributed by atoms with van der Waals surface area (Å²) < 4.78 is 30.4. The number of rotatable bonds is 4. The van der Waals surface area contributed by atoms with Crippen LogP contribution in [0.25, 0.3) is 33.1 Å². The molecule has 0 saturated carbocycles. The number of pyridine rings is 2. The third kappa shape index (κ3) is 3.59. The lowest BCUT2D eigenvalue weighted by Crippen LogP contribution is -2.24. The van der Waals surface area contributed by atoms with E-state index < -0.39 is 10.0 Å². The first kappa shape index (κ1) is 21.6.